The van der Waals surface area contributed by atoms with Crippen LogP contribution in [0.1, 0.15) is 67.6 Å². The molecule has 3 rings (SSSR count). The lowest BCUT2D eigenvalue weighted by molar-refractivity contribution is 0.0315. The van der Waals surface area contributed by atoms with Gasteiger partial charge in [0.15, 0.2) is 0 Å². The van der Waals surface area contributed by atoms with E-state index in [2.05, 4.69) is 19.2 Å². The number of nitrogens with one attached hydrogen (secondary N) is 1. The van der Waals surface area contributed by atoms with Gasteiger partial charge in [-0.2, -0.15) is 0 Å². The smallest absolute Gasteiger partial charge is 0.113 e. The van der Waals surface area contributed by atoms with Crippen LogP contribution in [0.5, 0.6) is 0 Å². The second-order valence-corrected chi connectivity index (χ2v) is 7.24. The van der Waals surface area contributed by atoms with Crippen molar-refractivity contribution in [3.8, 4) is 0 Å². The summed E-state index contributed by atoms with van der Waals surface area (Å²) in [4.78, 5) is 6.48. The molecular weight excluding hydrogens is 268 g/mol. The summed E-state index contributed by atoms with van der Waals surface area (Å²) in [5, 5.41) is 4.95. The van der Waals surface area contributed by atoms with Gasteiger partial charge < -0.3 is 10.1 Å². The van der Waals surface area contributed by atoms with Crippen molar-refractivity contribution < 1.29 is 4.74 Å². The van der Waals surface area contributed by atoms with E-state index in [-0.39, 0.29) is 0 Å². The molecule has 2 heterocycles. The van der Waals surface area contributed by atoms with Crippen LogP contribution >= 0.6 is 11.3 Å². The summed E-state index contributed by atoms with van der Waals surface area (Å²) < 4.78 is 6.11. The molecule has 3 unspecified atom stereocenters. The largest absolute Gasteiger partial charge is 0.373 e. The Bertz CT molecular complexity index is 422. The molecule has 1 aliphatic carbocycles. The molecule has 1 aromatic rings. The van der Waals surface area contributed by atoms with E-state index >= 15 is 0 Å². The maximum Gasteiger partial charge on any atom is 0.113 e. The predicted molar refractivity (Wildman–Crippen MR) is 83.4 cm³/mol. The highest BCUT2D eigenvalue weighted by atomic mass is 32.1. The fraction of sp³-hybridized carbons (Fsp3) is 0.812. The summed E-state index contributed by atoms with van der Waals surface area (Å²) in [6.07, 6.45) is 9.25. The first-order chi connectivity index (χ1) is 9.78. The van der Waals surface area contributed by atoms with Crippen LogP contribution < -0.4 is 5.32 Å². The Kier molecular flexibility index (Phi) is 4.74. The van der Waals surface area contributed by atoms with E-state index in [4.69, 9.17) is 9.72 Å². The Morgan fingerprint density at radius 2 is 2.20 bits per heavy atom. The Balaban J connectivity index is 1.78. The van der Waals surface area contributed by atoms with Gasteiger partial charge in [-0.25, -0.2) is 4.98 Å². The average Bonchev–Trinajstić information content (AvgIpc) is 3.05. The van der Waals surface area contributed by atoms with Crippen LogP contribution in [0.15, 0.2) is 0 Å². The van der Waals surface area contributed by atoms with Crippen molar-refractivity contribution in [2.45, 2.75) is 77.0 Å². The Hall–Kier alpha value is -0.450. The van der Waals surface area contributed by atoms with Crippen LogP contribution in [0.25, 0.3) is 0 Å². The Morgan fingerprint density at radius 3 is 2.90 bits per heavy atom. The minimum atomic E-state index is 0.301. The Morgan fingerprint density at radius 1 is 1.35 bits per heavy atom. The van der Waals surface area contributed by atoms with Gasteiger partial charge in [-0.3, -0.25) is 0 Å². The maximum absolute atomic E-state index is 6.11. The SMILES string of the molecule is CCCNC(c1nc2c(s1)CCCC2)C1CCC(C)O1. The number of ether oxygens (including phenoxy) is 1. The molecule has 2 aliphatic rings. The first-order valence-corrected chi connectivity index (χ1v) is 8.97. The van der Waals surface area contributed by atoms with Gasteiger partial charge in [-0.15, -0.1) is 11.3 Å². The van der Waals surface area contributed by atoms with Gasteiger partial charge in [-0.05, 0) is 58.4 Å². The fourth-order valence-corrected chi connectivity index (χ4v) is 4.54. The van der Waals surface area contributed by atoms with E-state index in [1.54, 1.807) is 0 Å². The zero-order chi connectivity index (χ0) is 13.9. The number of aryl methyl sites for hydroxylation is 2. The molecule has 1 aromatic heterocycles. The van der Waals surface area contributed by atoms with Gasteiger partial charge in [0.05, 0.1) is 23.9 Å². The highest BCUT2D eigenvalue weighted by molar-refractivity contribution is 7.11. The van der Waals surface area contributed by atoms with Crippen molar-refractivity contribution in [2.75, 3.05) is 6.54 Å². The van der Waals surface area contributed by atoms with E-state index in [1.807, 2.05) is 11.3 Å². The third-order valence-electron chi connectivity index (χ3n) is 4.38. The molecule has 0 bridgehead atoms. The van der Waals surface area contributed by atoms with Gasteiger partial charge in [0.1, 0.15) is 5.01 Å². The predicted octanol–water partition coefficient (Wildman–Crippen LogP) is 3.63. The molecule has 0 saturated carbocycles. The third kappa shape index (κ3) is 3.07. The van der Waals surface area contributed by atoms with Crippen molar-refractivity contribution in [3.63, 3.8) is 0 Å². The second kappa shape index (κ2) is 6.54. The average molecular weight is 294 g/mol. The number of thiazole rings is 1. The lowest BCUT2D eigenvalue weighted by Crippen LogP contribution is -2.32. The minimum Gasteiger partial charge on any atom is -0.373 e. The Labute approximate surface area is 126 Å². The van der Waals surface area contributed by atoms with E-state index < -0.39 is 0 Å². The van der Waals surface area contributed by atoms with E-state index in [0.29, 0.717) is 18.2 Å². The van der Waals surface area contributed by atoms with Gasteiger partial charge in [0.2, 0.25) is 0 Å². The van der Waals surface area contributed by atoms with Crippen molar-refractivity contribution in [3.05, 3.63) is 15.6 Å². The van der Waals surface area contributed by atoms with Crippen molar-refractivity contribution in [1.82, 2.24) is 10.3 Å². The molecule has 3 atom stereocenters. The molecule has 0 amide bonds. The summed E-state index contributed by atoms with van der Waals surface area (Å²) in [5.41, 5.74) is 1.37. The van der Waals surface area contributed by atoms with Crippen LogP contribution in [-0.4, -0.2) is 23.7 Å². The van der Waals surface area contributed by atoms with E-state index in [9.17, 15) is 0 Å². The normalized spacial score (nSPS) is 27.5. The molecule has 112 valence electrons. The van der Waals surface area contributed by atoms with Crippen LogP contribution in [0.3, 0.4) is 0 Å². The third-order valence-corrected chi connectivity index (χ3v) is 5.62. The second-order valence-electron chi connectivity index (χ2n) is 6.12. The molecule has 3 nitrogen and oxygen atoms in total. The standard InChI is InChI=1S/C16H26N2OS/c1-3-10-17-15(13-9-8-11(2)19-13)16-18-12-6-4-5-7-14(12)20-16/h11,13,15,17H,3-10H2,1-2H3. The van der Waals surface area contributed by atoms with Crippen LogP contribution in [0.2, 0.25) is 0 Å². The molecule has 1 N–H and O–H groups in total. The molecule has 0 aromatic carbocycles. The zero-order valence-corrected chi connectivity index (χ0v) is 13.5. The van der Waals surface area contributed by atoms with Crippen LogP contribution in [0.4, 0.5) is 0 Å². The minimum absolute atomic E-state index is 0.301. The highest BCUT2D eigenvalue weighted by Crippen LogP contribution is 2.35. The maximum atomic E-state index is 6.11. The number of hydrogen-bond donors (Lipinski definition) is 1. The topological polar surface area (TPSA) is 34.2 Å². The molecule has 20 heavy (non-hydrogen) atoms. The number of hydrogen-bond acceptors (Lipinski definition) is 4. The van der Waals surface area contributed by atoms with Crippen LogP contribution in [0, 0.1) is 0 Å². The lowest BCUT2D eigenvalue weighted by Gasteiger charge is -2.23. The van der Waals surface area contributed by atoms with Crippen molar-refractivity contribution >= 4 is 11.3 Å². The monoisotopic (exact) mass is 294 g/mol. The quantitative estimate of drug-likeness (QED) is 0.900. The number of aromatic nitrogens is 1. The van der Waals surface area contributed by atoms with E-state index in [0.717, 1.165) is 19.4 Å². The van der Waals surface area contributed by atoms with E-state index in [1.165, 1.54) is 47.7 Å². The molecule has 1 saturated heterocycles. The molecule has 4 heteroatoms. The first kappa shape index (κ1) is 14.5. The molecule has 1 fully saturated rings. The van der Waals surface area contributed by atoms with Gasteiger partial charge in [0, 0.05) is 4.88 Å². The van der Waals surface area contributed by atoms with Crippen LogP contribution in [-0.2, 0) is 17.6 Å². The molecule has 0 spiro atoms. The number of fused-ring (bicyclic) bond motifs is 1. The zero-order valence-electron chi connectivity index (χ0n) is 12.7. The summed E-state index contributed by atoms with van der Waals surface area (Å²) in [6, 6.07) is 0.301. The van der Waals surface area contributed by atoms with Gasteiger partial charge in [-0.1, -0.05) is 6.92 Å². The molecular formula is C16H26N2OS. The fourth-order valence-electron chi connectivity index (χ4n) is 3.26. The molecule has 0 radical (unpaired) electrons. The summed E-state index contributed by atoms with van der Waals surface area (Å²) in [5.74, 6) is 0. The van der Waals surface area contributed by atoms with Gasteiger partial charge in [0.25, 0.3) is 0 Å². The molecule has 1 aliphatic heterocycles. The summed E-state index contributed by atoms with van der Waals surface area (Å²) in [7, 11) is 0. The first-order valence-electron chi connectivity index (χ1n) is 8.15. The summed E-state index contributed by atoms with van der Waals surface area (Å²) >= 11 is 1.93. The number of nitrogens with zero attached hydrogens (tertiary/aromatic N) is 1. The van der Waals surface area contributed by atoms with Crippen molar-refractivity contribution in [1.29, 1.82) is 0 Å². The number of rotatable bonds is 5. The highest BCUT2D eigenvalue weighted by Gasteiger charge is 2.33. The lowest BCUT2D eigenvalue weighted by atomic mass is 10.0. The van der Waals surface area contributed by atoms with Gasteiger partial charge >= 0.3 is 0 Å². The van der Waals surface area contributed by atoms with Crippen molar-refractivity contribution in [2.24, 2.45) is 0 Å². The summed E-state index contributed by atoms with van der Waals surface area (Å²) in [6.45, 7) is 5.45.